The molecule has 7 nitrogen and oxygen atoms in total. The van der Waals surface area contributed by atoms with Crippen molar-refractivity contribution in [3.63, 3.8) is 0 Å². The minimum atomic E-state index is -4.72. The first-order valence-electron chi connectivity index (χ1n) is 11.2. The van der Waals surface area contributed by atoms with E-state index in [-0.39, 0.29) is 34.7 Å². The SMILES string of the molecule is CCC(C(=O)NC(C)C)N(Cc1c(Cl)cccc1Cl)C(=O)CN(c1cccc(C(F)(F)F)c1)S(C)(=O)=O. The van der Waals surface area contributed by atoms with E-state index in [0.717, 1.165) is 29.4 Å². The summed E-state index contributed by atoms with van der Waals surface area (Å²) in [5.74, 6) is -1.32. The van der Waals surface area contributed by atoms with Crippen LogP contribution < -0.4 is 9.62 Å². The minimum Gasteiger partial charge on any atom is -0.352 e. The van der Waals surface area contributed by atoms with Gasteiger partial charge in [0.2, 0.25) is 21.8 Å². The number of amides is 2. The van der Waals surface area contributed by atoms with Crippen LogP contribution in [0.25, 0.3) is 0 Å². The van der Waals surface area contributed by atoms with Gasteiger partial charge in [0, 0.05) is 28.2 Å². The summed E-state index contributed by atoms with van der Waals surface area (Å²) >= 11 is 12.6. The molecule has 0 aliphatic carbocycles. The number of rotatable bonds is 10. The van der Waals surface area contributed by atoms with Crippen LogP contribution in [0.4, 0.5) is 18.9 Å². The first-order chi connectivity index (χ1) is 17.1. The lowest BCUT2D eigenvalue weighted by Crippen LogP contribution is -2.53. The predicted octanol–water partition coefficient (Wildman–Crippen LogP) is 5.11. The lowest BCUT2D eigenvalue weighted by molar-refractivity contribution is -0.140. The Morgan fingerprint density at radius 2 is 1.62 bits per heavy atom. The number of benzene rings is 2. The van der Waals surface area contributed by atoms with Crippen molar-refractivity contribution >= 4 is 50.7 Å². The number of nitrogens with one attached hydrogen (secondary N) is 1. The second-order valence-electron chi connectivity index (χ2n) is 8.63. The van der Waals surface area contributed by atoms with E-state index in [1.165, 1.54) is 0 Å². The number of halogens is 5. The fourth-order valence-electron chi connectivity index (χ4n) is 3.61. The third kappa shape index (κ3) is 8.24. The molecule has 0 fully saturated rings. The molecular formula is C24H28Cl2F3N3O4S. The average Bonchev–Trinajstić information content (AvgIpc) is 2.77. The molecular weight excluding hydrogens is 554 g/mol. The molecule has 37 heavy (non-hydrogen) atoms. The number of anilines is 1. The van der Waals surface area contributed by atoms with Crippen molar-refractivity contribution < 1.29 is 31.2 Å². The lowest BCUT2D eigenvalue weighted by atomic mass is 10.1. The molecule has 0 aliphatic heterocycles. The zero-order chi connectivity index (χ0) is 28.1. The van der Waals surface area contributed by atoms with Gasteiger partial charge in [-0.1, -0.05) is 42.3 Å². The van der Waals surface area contributed by atoms with Crippen molar-refractivity contribution in [3.05, 3.63) is 63.6 Å². The third-order valence-electron chi connectivity index (χ3n) is 5.35. The van der Waals surface area contributed by atoms with Crippen molar-refractivity contribution in [3.8, 4) is 0 Å². The van der Waals surface area contributed by atoms with E-state index in [9.17, 15) is 31.2 Å². The van der Waals surface area contributed by atoms with Crippen LogP contribution in [0.1, 0.15) is 38.3 Å². The predicted molar refractivity (Wildman–Crippen MR) is 138 cm³/mol. The van der Waals surface area contributed by atoms with Gasteiger partial charge < -0.3 is 10.2 Å². The molecule has 2 aromatic rings. The highest BCUT2D eigenvalue weighted by atomic mass is 35.5. The molecule has 0 aromatic heterocycles. The third-order valence-corrected chi connectivity index (χ3v) is 7.20. The molecule has 0 radical (unpaired) electrons. The number of hydrogen-bond acceptors (Lipinski definition) is 4. The second-order valence-corrected chi connectivity index (χ2v) is 11.3. The Balaban J connectivity index is 2.55. The molecule has 0 aliphatic rings. The van der Waals surface area contributed by atoms with Gasteiger partial charge in [-0.25, -0.2) is 8.42 Å². The van der Waals surface area contributed by atoms with Gasteiger partial charge in [-0.15, -0.1) is 0 Å². The molecule has 2 amide bonds. The standard InChI is InChI=1S/C24H28Cl2F3N3O4S/c1-5-21(23(34)30-15(2)3)31(13-18-19(25)10-7-11-20(18)26)22(33)14-32(37(4,35)36)17-9-6-8-16(12-17)24(27,28)29/h6-12,15,21H,5,13-14H2,1-4H3,(H,30,34). The van der Waals surface area contributed by atoms with Crippen LogP contribution in [-0.2, 0) is 32.3 Å². The van der Waals surface area contributed by atoms with Gasteiger partial charge in [-0.05, 0) is 50.6 Å². The first-order valence-corrected chi connectivity index (χ1v) is 13.8. The molecule has 1 unspecified atom stereocenters. The maximum absolute atomic E-state index is 13.6. The van der Waals surface area contributed by atoms with Gasteiger partial charge >= 0.3 is 6.18 Å². The van der Waals surface area contributed by atoms with Gasteiger partial charge in [0.15, 0.2) is 0 Å². The second kappa shape index (κ2) is 12.4. The highest BCUT2D eigenvalue weighted by Crippen LogP contribution is 2.32. The Morgan fingerprint density at radius 3 is 2.11 bits per heavy atom. The maximum Gasteiger partial charge on any atom is 0.416 e. The molecule has 2 rings (SSSR count). The quantitative estimate of drug-likeness (QED) is 0.422. The Hall–Kier alpha value is -2.50. The van der Waals surface area contributed by atoms with E-state index >= 15 is 0 Å². The van der Waals surface area contributed by atoms with E-state index < -0.39 is 46.2 Å². The topological polar surface area (TPSA) is 86.8 Å². The summed E-state index contributed by atoms with van der Waals surface area (Å²) in [5, 5.41) is 3.18. The van der Waals surface area contributed by atoms with Crippen molar-refractivity contribution in [2.24, 2.45) is 0 Å². The van der Waals surface area contributed by atoms with Crippen LogP contribution in [0, 0.1) is 0 Å². The van der Waals surface area contributed by atoms with Gasteiger partial charge in [0.25, 0.3) is 0 Å². The molecule has 204 valence electrons. The Morgan fingerprint density at radius 1 is 1.05 bits per heavy atom. The van der Waals surface area contributed by atoms with Gasteiger partial charge in [0.05, 0.1) is 17.5 Å². The number of nitrogens with zero attached hydrogens (tertiary/aromatic N) is 2. The van der Waals surface area contributed by atoms with Crippen molar-refractivity contribution in [1.82, 2.24) is 10.2 Å². The normalized spacial score (nSPS) is 12.8. The lowest BCUT2D eigenvalue weighted by Gasteiger charge is -2.33. The molecule has 1 atom stereocenters. The first kappa shape index (κ1) is 30.7. The molecule has 0 bridgehead atoms. The largest absolute Gasteiger partial charge is 0.416 e. The summed E-state index contributed by atoms with van der Waals surface area (Å²) in [6.45, 7) is 4.05. The van der Waals surface area contributed by atoms with Gasteiger partial charge in [0.1, 0.15) is 12.6 Å². The number of carbonyl (C=O) groups is 2. The van der Waals surface area contributed by atoms with Crippen LogP contribution in [0.2, 0.25) is 10.0 Å². The minimum absolute atomic E-state index is 0.162. The number of sulfonamides is 1. The van der Waals surface area contributed by atoms with E-state index in [2.05, 4.69) is 5.32 Å². The molecule has 2 aromatic carbocycles. The number of alkyl halides is 3. The summed E-state index contributed by atoms with van der Waals surface area (Å²) in [5.41, 5.74) is -1.09. The fourth-order valence-corrected chi connectivity index (χ4v) is 4.96. The fraction of sp³-hybridized carbons (Fsp3) is 0.417. The summed E-state index contributed by atoms with van der Waals surface area (Å²) in [6.07, 6.45) is -3.79. The number of carbonyl (C=O) groups excluding carboxylic acids is 2. The van der Waals surface area contributed by atoms with E-state index in [4.69, 9.17) is 23.2 Å². The van der Waals surface area contributed by atoms with Crippen molar-refractivity contribution in [1.29, 1.82) is 0 Å². The van der Waals surface area contributed by atoms with Crippen LogP contribution in [-0.4, -0.2) is 50.0 Å². The monoisotopic (exact) mass is 581 g/mol. The van der Waals surface area contributed by atoms with Crippen LogP contribution in [0.3, 0.4) is 0 Å². The Bertz CT molecular complexity index is 1220. The van der Waals surface area contributed by atoms with E-state index in [1.54, 1.807) is 39.0 Å². The molecule has 0 saturated heterocycles. The zero-order valence-electron chi connectivity index (χ0n) is 20.6. The summed E-state index contributed by atoms with van der Waals surface area (Å²) in [7, 11) is -4.20. The van der Waals surface area contributed by atoms with Crippen LogP contribution in [0.15, 0.2) is 42.5 Å². The smallest absolute Gasteiger partial charge is 0.352 e. The highest BCUT2D eigenvalue weighted by Gasteiger charge is 2.34. The molecule has 0 saturated carbocycles. The summed E-state index contributed by atoms with van der Waals surface area (Å²) in [6, 6.07) is 7.05. The van der Waals surface area contributed by atoms with E-state index in [1.807, 2.05) is 0 Å². The molecule has 0 spiro atoms. The molecule has 1 N–H and O–H groups in total. The average molecular weight is 582 g/mol. The van der Waals surface area contributed by atoms with Crippen LogP contribution >= 0.6 is 23.2 Å². The number of hydrogen-bond donors (Lipinski definition) is 1. The van der Waals surface area contributed by atoms with Gasteiger partial charge in [-0.3, -0.25) is 13.9 Å². The molecule has 0 heterocycles. The summed E-state index contributed by atoms with van der Waals surface area (Å²) < 4.78 is 65.6. The van der Waals surface area contributed by atoms with Crippen molar-refractivity contribution in [2.45, 2.75) is 52.0 Å². The van der Waals surface area contributed by atoms with Crippen molar-refractivity contribution in [2.75, 3.05) is 17.1 Å². The Labute approximate surface area is 224 Å². The van der Waals surface area contributed by atoms with Crippen LogP contribution in [0.5, 0.6) is 0 Å². The van der Waals surface area contributed by atoms with E-state index in [0.29, 0.717) is 15.9 Å². The Kier molecular flexibility index (Phi) is 10.3. The summed E-state index contributed by atoms with van der Waals surface area (Å²) in [4.78, 5) is 27.7. The van der Waals surface area contributed by atoms with Gasteiger partial charge in [-0.2, -0.15) is 13.2 Å². The maximum atomic E-state index is 13.6. The molecule has 13 heteroatoms. The zero-order valence-corrected chi connectivity index (χ0v) is 23.0. The highest BCUT2D eigenvalue weighted by molar-refractivity contribution is 7.92.